The lowest BCUT2D eigenvalue weighted by Gasteiger charge is -2.40. The van der Waals surface area contributed by atoms with Gasteiger partial charge in [-0.3, -0.25) is 9.58 Å². The molecule has 5 rings (SSSR count). The molecule has 1 saturated carbocycles. The first-order valence-electron chi connectivity index (χ1n) is 10.9. The van der Waals surface area contributed by atoms with Crippen molar-refractivity contribution in [3.8, 4) is 0 Å². The van der Waals surface area contributed by atoms with Gasteiger partial charge in [0.05, 0.1) is 36.2 Å². The first-order valence-corrected chi connectivity index (χ1v) is 10.9. The third kappa shape index (κ3) is 3.68. The van der Waals surface area contributed by atoms with Gasteiger partial charge in [-0.15, -0.1) is 0 Å². The fourth-order valence-electron chi connectivity index (χ4n) is 4.97. The highest BCUT2D eigenvalue weighted by molar-refractivity contribution is 5.91. The van der Waals surface area contributed by atoms with Crippen LogP contribution in [-0.2, 0) is 11.3 Å². The molecule has 1 aromatic heterocycles. The highest BCUT2D eigenvalue weighted by atomic mass is 19.2. The van der Waals surface area contributed by atoms with Crippen LogP contribution in [0.1, 0.15) is 51.3 Å². The number of aromatic nitrogens is 2. The van der Waals surface area contributed by atoms with Crippen LogP contribution in [0, 0.1) is 17.5 Å². The van der Waals surface area contributed by atoms with Crippen LogP contribution in [0.3, 0.4) is 0 Å². The van der Waals surface area contributed by atoms with Gasteiger partial charge in [0.25, 0.3) is 0 Å². The Morgan fingerprint density at radius 3 is 2.58 bits per heavy atom. The number of carbonyl (C=O) groups is 2. The average Bonchev–Trinajstić information content (AvgIpc) is 3.37. The Morgan fingerprint density at radius 2 is 1.88 bits per heavy atom. The summed E-state index contributed by atoms with van der Waals surface area (Å²) in [6.07, 6.45) is 4.23. The lowest BCUT2D eigenvalue weighted by atomic mass is 10.0. The Hall–Kier alpha value is -3.24. The molecule has 0 unspecified atom stereocenters. The van der Waals surface area contributed by atoms with Crippen molar-refractivity contribution >= 4 is 23.5 Å². The molecule has 0 spiro atoms. The number of anilines is 2. The SMILES string of the molecule is CC1(C)CCN(c2cnn3c2CN(C(=O)Nc2cc(F)c(F)c(F)c2)[C@H]2CCC[C@H]23)C(=O)O1. The van der Waals surface area contributed by atoms with Crippen LogP contribution in [-0.4, -0.2) is 45.0 Å². The van der Waals surface area contributed by atoms with Crippen LogP contribution in [0.5, 0.6) is 0 Å². The molecular formula is C22H24F3N5O3. The van der Waals surface area contributed by atoms with Crippen molar-refractivity contribution in [2.24, 2.45) is 0 Å². The quantitative estimate of drug-likeness (QED) is 0.662. The highest BCUT2D eigenvalue weighted by Gasteiger charge is 2.44. The third-order valence-corrected chi connectivity index (χ3v) is 6.66. The second kappa shape index (κ2) is 7.67. The Bertz CT molecular complexity index is 1110. The molecule has 1 aromatic carbocycles. The van der Waals surface area contributed by atoms with E-state index < -0.39 is 35.2 Å². The second-order valence-electron chi connectivity index (χ2n) is 9.33. The number of urea groups is 1. The van der Waals surface area contributed by atoms with Crippen LogP contribution in [0.15, 0.2) is 18.3 Å². The number of fused-ring (bicyclic) bond motifs is 3. The number of carbonyl (C=O) groups excluding carboxylic acids is 2. The van der Waals surface area contributed by atoms with Crippen LogP contribution >= 0.6 is 0 Å². The van der Waals surface area contributed by atoms with Crippen molar-refractivity contribution in [3.63, 3.8) is 0 Å². The van der Waals surface area contributed by atoms with Crippen LogP contribution < -0.4 is 10.2 Å². The van der Waals surface area contributed by atoms with E-state index in [2.05, 4.69) is 10.4 Å². The summed E-state index contributed by atoms with van der Waals surface area (Å²) in [7, 11) is 0. The van der Waals surface area contributed by atoms with Crippen LogP contribution in [0.4, 0.5) is 34.1 Å². The summed E-state index contributed by atoms with van der Waals surface area (Å²) >= 11 is 0. The molecule has 0 bridgehead atoms. The number of hydrogen-bond donors (Lipinski definition) is 1. The van der Waals surface area contributed by atoms with Gasteiger partial charge in [0.1, 0.15) is 5.60 Å². The number of benzene rings is 1. The summed E-state index contributed by atoms with van der Waals surface area (Å²) in [5.41, 5.74) is 0.550. The molecule has 176 valence electrons. The van der Waals surface area contributed by atoms with Gasteiger partial charge in [0, 0.05) is 30.8 Å². The van der Waals surface area contributed by atoms with Crippen molar-refractivity contribution in [1.82, 2.24) is 14.7 Å². The normalized spacial score (nSPS) is 23.7. The lowest BCUT2D eigenvalue weighted by Crippen LogP contribution is -2.50. The van der Waals surface area contributed by atoms with Gasteiger partial charge in [-0.05, 0) is 33.1 Å². The molecule has 1 N–H and O–H groups in total. The number of halogens is 3. The minimum Gasteiger partial charge on any atom is -0.443 e. The van der Waals surface area contributed by atoms with Gasteiger partial charge < -0.3 is 15.0 Å². The monoisotopic (exact) mass is 463 g/mol. The molecule has 2 fully saturated rings. The number of amides is 3. The maximum absolute atomic E-state index is 13.6. The van der Waals surface area contributed by atoms with E-state index in [-0.39, 0.29) is 24.3 Å². The topological polar surface area (TPSA) is 79.7 Å². The molecule has 11 heteroatoms. The summed E-state index contributed by atoms with van der Waals surface area (Å²) in [6.45, 7) is 4.32. The highest BCUT2D eigenvalue weighted by Crippen LogP contribution is 2.42. The van der Waals surface area contributed by atoms with Crippen molar-refractivity contribution in [2.75, 3.05) is 16.8 Å². The number of nitrogens with zero attached hydrogens (tertiary/aromatic N) is 4. The van der Waals surface area contributed by atoms with Crippen molar-refractivity contribution in [2.45, 2.75) is 63.8 Å². The summed E-state index contributed by atoms with van der Waals surface area (Å²) in [5, 5.41) is 7.00. The Labute approximate surface area is 188 Å². The molecule has 3 amide bonds. The molecule has 33 heavy (non-hydrogen) atoms. The molecule has 3 heterocycles. The van der Waals surface area contributed by atoms with E-state index >= 15 is 0 Å². The second-order valence-corrected chi connectivity index (χ2v) is 9.33. The van der Waals surface area contributed by atoms with Gasteiger partial charge in [-0.1, -0.05) is 0 Å². The maximum Gasteiger partial charge on any atom is 0.414 e. The molecule has 2 atom stereocenters. The standard InChI is InChI=1S/C22H24F3N5O3/c1-22(2)6-7-28(21(32)33-22)17-10-26-30-16-5-3-4-15(16)29(11-18(17)30)20(31)27-12-8-13(23)19(25)14(24)9-12/h8-10,15-16H,3-7,11H2,1-2H3,(H,27,31)/t15-,16+/m0/s1. The maximum atomic E-state index is 13.6. The number of hydrogen-bond acceptors (Lipinski definition) is 4. The predicted molar refractivity (Wildman–Crippen MR) is 112 cm³/mol. The number of cyclic esters (lactones) is 1. The van der Waals surface area contributed by atoms with E-state index in [0.29, 0.717) is 24.3 Å². The zero-order valence-electron chi connectivity index (χ0n) is 18.3. The van der Waals surface area contributed by atoms with Crippen molar-refractivity contribution < 1.29 is 27.5 Å². The molecule has 1 saturated heterocycles. The number of rotatable bonds is 2. The van der Waals surface area contributed by atoms with E-state index in [0.717, 1.165) is 31.4 Å². The Balaban J connectivity index is 1.43. The molecule has 3 aliphatic rings. The minimum atomic E-state index is -1.59. The molecule has 2 aromatic rings. The molecule has 1 aliphatic carbocycles. The minimum absolute atomic E-state index is 0.0767. The van der Waals surface area contributed by atoms with Gasteiger partial charge in [0.2, 0.25) is 0 Å². The Morgan fingerprint density at radius 1 is 1.18 bits per heavy atom. The smallest absolute Gasteiger partial charge is 0.414 e. The first kappa shape index (κ1) is 21.6. The van der Waals surface area contributed by atoms with Crippen LogP contribution in [0.25, 0.3) is 0 Å². The fraction of sp³-hybridized carbons (Fsp3) is 0.500. The summed E-state index contributed by atoms with van der Waals surface area (Å²) < 4.78 is 47.9. The third-order valence-electron chi connectivity index (χ3n) is 6.66. The van der Waals surface area contributed by atoms with E-state index in [4.69, 9.17) is 4.74 Å². The van der Waals surface area contributed by atoms with E-state index in [1.165, 1.54) is 4.90 Å². The largest absolute Gasteiger partial charge is 0.443 e. The van der Waals surface area contributed by atoms with Crippen molar-refractivity contribution in [3.05, 3.63) is 41.5 Å². The summed E-state index contributed by atoms with van der Waals surface area (Å²) in [4.78, 5) is 28.9. The molecule has 8 nitrogen and oxygen atoms in total. The van der Waals surface area contributed by atoms with Gasteiger partial charge in [-0.2, -0.15) is 5.10 Å². The molecule has 2 aliphatic heterocycles. The predicted octanol–water partition coefficient (Wildman–Crippen LogP) is 4.57. The Kier molecular flexibility index (Phi) is 5.02. The summed E-state index contributed by atoms with van der Waals surface area (Å²) in [5.74, 6) is -4.35. The van der Waals surface area contributed by atoms with Gasteiger partial charge in [0.15, 0.2) is 17.5 Å². The van der Waals surface area contributed by atoms with Crippen LogP contribution in [0.2, 0.25) is 0 Å². The summed E-state index contributed by atoms with van der Waals surface area (Å²) in [6, 6.07) is 0.694. The first-order chi connectivity index (χ1) is 15.6. The number of ether oxygens (including phenoxy) is 1. The van der Waals surface area contributed by atoms with E-state index in [1.54, 1.807) is 11.1 Å². The van der Waals surface area contributed by atoms with E-state index in [1.807, 2.05) is 18.5 Å². The van der Waals surface area contributed by atoms with Gasteiger partial charge in [-0.25, -0.2) is 22.8 Å². The zero-order chi connectivity index (χ0) is 23.5. The van der Waals surface area contributed by atoms with Crippen molar-refractivity contribution in [1.29, 1.82) is 0 Å². The average molecular weight is 463 g/mol. The van der Waals surface area contributed by atoms with E-state index in [9.17, 15) is 22.8 Å². The lowest BCUT2D eigenvalue weighted by molar-refractivity contribution is 0.0235. The fourth-order valence-corrected chi connectivity index (χ4v) is 4.97. The zero-order valence-corrected chi connectivity index (χ0v) is 18.3. The molecular weight excluding hydrogens is 439 g/mol. The molecule has 0 radical (unpaired) electrons. The van der Waals surface area contributed by atoms with Gasteiger partial charge >= 0.3 is 12.1 Å². The number of nitrogens with one attached hydrogen (secondary N) is 1.